The van der Waals surface area contributed by atoms with Gasteiger partial charge in [-0.2, -0.15) is 0 Å². The molecule has 0 saturated carbocycles. The van der Waals surface area contributed by atoms with E-state index in [1.54, 1.807) is 7.11 Å². The van der Waals surface area contributed by atoms with Crippen molar-refractivity contribution in [1.29, 1.82) is 0 Å². The van der Waals surface area contributed by atoms with E-state index in [0.717, 1.165) is 22.5 Å². The molecule has 0 aliphatic rings. The van der Waals surface area contributed by atoms with Crippen molar-refractivity contribution in [2.24, 2.45) is 0 Å². The molecule has 4 heteroatoms. The molecule has 0 spiro atoms. The van der Waals surface area contributed by atoms with Crippen molar-refractivity contribution in [3.05, 3.63) is 58.6 Å². The third-order valence-electron chi connectivity index (χ3n) is 3.25. The van der Waals surface area contributed by atoms with Crippen LogP contribution in [0.15, 0.2) is 53.0 Å². The first-order valence-electron chi connectivity index (χ1n) is 6.95. The second kappa shape index (κ2) is 8.05. The zero-order valence-corrected chi connectivity index (χ0v) is 13.9. The van der Waals surface area contributed by atoms with Crippen LogP contribution in [0.5, 0.6) is 11.5 Å². The van der Waals surface area contributed by atoms with Gasteiger partial charge in [0.15, 0.2) is 0 Å². The number of hydrogen-bond acceptors (Lipinski definition) is 3. The first-order valence-corrected chi connectivity index (χ1v) is 7.74. The molecule has 0 aromatic heterocycles. The van der Waals surface area contributed by atoms with E-state index in [4.69, 9.17) is 9.47 Å². The topological polar surface area (TPSA) is 30.5 Å². The molecule has 0 saturated heterocycles. The highest BCUT2D eigenvalue weighted by molar-refractivity contribution is 9.10. The lowest BCUT2D eigenvalue weighted by Gasteiger charge is -2.15. The minimum Gasteiger partial charge on any atom is -0.497 e. The van der Waals surface area contributed by atoms with Crippen molar-refractivity contribution < 1.29 is 9.47 Å². The zero-order chi connectivity index (χ0) is 15.1. The van der Waals surface area contributed by atoms with Crippen LogP contribution < -0.4 is 14.8 Å². The molecule has 0 fully saturated rings. The van der Waals surface area contributed by atoms with Crippen molar-refractivity contribution in [2.45, 2.75) is 13.0 Å². The largest absolute Gasteiger partial charge is 0.497 e. The molecule has 0 amide bonds. The van der Waals surface area contributed by atoms with E-state index < -0.39 is 0 Å². The van der Waals surface area contributed by atoms with Crippen LogP contribution in [-0.2, 0) is 0 Å². The van der Waals surface area contributed by atoms with Crippen LogP contribution in [0.1, 0.15) is 18.5 Å². The van der Waals surface area contributed by atoms with Crippen LogP contribution in [0.4, 0.5) is 0 Å². The van der Waals surface area contributed by atoms with Gasteiger partial charge in [0, 0.05) is 17.1 Å². The van der Waals surface area contributed by atoms with Crippen LogP contribution in [-0.4, -0.2) is 20.3 Å². The number of rotatable bonds is 7. The van der Waals surface area contributed by atoms with E-state index >= 15 is 0 Å². The van der Waals surface area contributed by atoms with Crippen molar-refractivity contribution in [3.8, 4) is 11.5 Å². The summed E-state index contributed by atoms with van der Waals surface area (Å²) in [5.74, 6) is 1.77. The third kappa shape index (κ3) is 5.06. The number of benzene rings is 2. The van der Waals surface area contributed by atoms with Gasteiger partial charge in [-0.05, 0) is 48.9 Å². The van der Waals surface area contributed by atoms with E-state index in [1.807, 2.05) is 36.4 Å². The molecule has 2 aromatic rings. The SMILES string of the molecule is COc1ccc(C(C)NCCOc2ccc(Br)cc2)cc1. The summed E-state index contributed by atoms with van der Waals surface area (Å²) in [5.41, 5.74) is 1.24. The van der Waals surface area contributed by atoms with E-state index in [1.165, 1.54) is 5.56 Å². The molecular weight excluding hydrogens is 330 g/mol. The molecule has 0 radical (unpaired) electrons. The fourth-order valence-electron chi connectivity index (χ4n) is 1.99. The van der Waals surface area contributed by atoms with E-state index in [-0.39, 0.29) is 6.04 Å². The van der Waals surface area contributed by atoms with Crippen LogP contribution in [0.2, 0.25) is 0 Å². The van der Waals surface area contributed by atoms with Gasteiger partial charge in [0.25, 0.3) is 0 Å². The predicted octanol–water partition coefficient (Wildman–Crippen LogP) is 4.19. The summed E-state index contributed by atoms with van der Waals surface area (Å²) >= 11 is 3.41. The summed E-state index contributed by atoms with van der Waals surface area (Å²) in [5, 5.41) is 3.44. The summed E-state index contributed by atoms with van der Waals surface area (Å²) in [7, 11) is 1.68. The molecule has 1 atom stereocenters. The molecule has 21 heavy (non-hydrogen) atoms. The van der Waals surface area contributed by atoms with Gasteiger partial charge in [-0.3, -0.25) is 0 Å². The smallest absolute Gasteiger partial charge is 0.119 e. The lowest BCUT2D eigenvalue weighted by molar-refractivity contribution is 0.307. The second-order valence-corrected chi connectivity index (χ2v) is 5.67. The third-order valence-corrected chi connectivity index (χ3v) is 3.78. The standard InChI is InChI=1S/C17H20BrNO2/c1-13(14-3-7-16(20-2)8-4-14)19-11-12-21-17-9-5-15(18)6-10-17/h3-10,13,19H,11-12H2,1-2H3. The monoisotopic (exact) mass is 349 g/mol. The average molecular weight is 350 g/mol. The Kier molecular flexibility index (Phi) is 6.08. The fraction of sp³-hybridized carbons (Fsp3) is 0.294. The average Bonchev–Trinajstić information content (AvgIpc) is 2.53. The van der Waals surface area contributed by atoms with Gasteiger partial charge in [0.1, 0.15) is 18.1 Å². The van der Waals surface area contributed by atoms with Gasteiger partial charge in [0.2, 0.25) is 0 Å². The summed E-state index contributed by atoms with van der Waals surface area (Å²) in [6.45, 7) is 3.58. The van der Waals surface area contributed by atoms with Gasteiger partial charge in [-0.15, -0.1) is 0 Å². The molecule has 0 aliphatic heterocycles. The molecule has 0 bridgehead atoms. The molecule has 1 N–H and O–H groups in total. The van der Waals surface area contributed by atoms with Crippen molar-refractivity contribution in [3.63, 3.8) is 0 Å². The van der Waals surface area contributed by atoms with Gasteiger partial charge in [-0.1, -0.05) is 28.1 Å². The Hall–Kier alpha value is -1.52. The normalized spacial score (nSPS) is 12.0. The van der Waals surface area contributed by atoms with E-state index in [2.05, 4.69) is 40.3 Å². The highest BCUT2D eigenvalue weighted by Gasteiger charge is 2.04. The molecule has 1 unspecified atom stereocenters. The Labute approximate surface area is 134 Å². The maximum Gasteiger partial charge on any atom is 0.119 e. The van der Waals surface area contributed by atoms with Crippen LogP contribution in [0, 0.1) is 0 Å². The van der Waals surface area contributed by atoms with Gasteiger partial charge in [-0.25, -0.2) is 0 Å². The lowest BCUT2D eigenvalue weighted by atomic mass is 10.1. The summed E-state index contributed by atoms with van der Waals surface area (Å²) < 4.78 is 11.9. The van der Waals surface area contributed by atoms with Crippen molar-refractivity contribution >= 4 is 15.9 Å². The Bertz CT molecular complexity index is 540. The fourth-order valence-corrected chi connectivity index (χ4v) is 2.25. The molecule has 2 rings (SSSR count). The maximum absolute atomic E-state index is 5.68. The van der Waals surface area contributed by atoms with Crippen LogP contribution in [0.3, 0.4) is 0 Å². The second-order valence-electron chi connectivity index (χ2n) is 4.75. The predicted molar refractivity (Wildman–Crippen MR) is 89.0 cm³/mol. The van der Waals surface area contributed by atoms with E-state index in [9.17, 15) is 0 Å². The summed E-state index contributed by atoms with van der Waals surface area (Å²) in [6.07, 6.45) is 0. The molecule has 2 aromatic carbocycles. The number of halogens is 1. The van der Waals surface area contributed by atoms with Crippen molar-refractivity contribution in [1.82, 2.24) is 5.32 Å². The molecule has 112 valence electrons. The Balaban J connectivity index is 1.73. The molecule has 3 nitrogen and oxygen atoms in total. The maximum atomic E-state index is 5.68. The minimum atomic E-state index is 0.282. The quantitative estimate of drug-likeness (QED) is 0.760. The Morgan fingerprint density at radius 3 is 2.24 bits per heavy atom. The Morgan fingerprint density at radius 2 is 1.62 bits per heavy atom. The zero-order valence-electron chi connectivity index (χ0n) is 12.3. The number of hydrogen-bond donors (Lipinski definition) is 1. The lowest BCUT2D eigenvalue weighted by Crippen LogP contribution is -2.24. The molecule has 0 heterocycles. The number of methoxy groups -OCH3 is 1. The molecule has 0 aliphatic carbocycles. The van der Waals surface area contributed by atoms with Crippen LogP contribution in [0.25, 0.3) is 0 Å². The highest BCUT2D eigenvalue weighted by atomic mass is 79.9. The van der Waals surface area contributed by atoms with Gasteiger partial charge in [0.05, 0.1) is 7.11 Å². The summed E-state index contributed by atoms with van der Waals surface area (Å²) in [6, 6.07) is 16.2. The number of nitrogens with one attached hydrogen (secondary N) is 1. The van der Waals surface area contributed by atoms with Gasteiger partial charge >= 0.3 is 0 Å². The minimum absolute atomic E-state index is 0.282. The molecular formula is C17H20BrNO2. The van der Waals surface area contributed by atoms with E-state index in [0.29, 0.717) is 6.61 Å². The van der Waals surface area contributed by atoms with Crippen LogP contribution >= 0.6 is 15.9 Å². The van der Waals surface area contributed by atoms with Gasteiger partial charge < -0.3 is 14.8 Å². The summed E-state index contributed by atoms with van der Waals surface area (Å²) in [4.78, 5) is 0. The first-order chi connectivity index (χ1) is 10.2. The first kappa shape index (κ1) is 15.9. The number of ether oxygens (including phenoxy) is 2. The Morgan fingerprint density at radius 1 is 1.00 bits per heavy atom. The highest BCUT2D eigenvalue weighted by Crippen LogP contribution is 2.17. The van der Waals surface area contributed by atoms with Crippen molar-refractivity contribution in [2.75, 3.05) is 20.3 Å².